The average Bonchev–Trinajstić information content (AvgIpc) is 2.56. The normalized spacial score (nSPS) is 19.6. The molecule has 0 saturated carbocycles. The van der Waals surface area contributed by atoms with Crippen molar-refractivity contribution in [2.24, 2.45) is 5.92 Å². The first kappa shape index (κ1) is 10.5. The minimum absolute atomic E-state index is 0.380. The van der Waals surface area contributed by atoms with E-state index in [-0.39, 0.29) is 5.92 Å². The van der Waals surface area contributed by atoms with Crippen LogP contribution in [0.5, 0.6) is 0 Å². The highest BCUT2D eigenvalue weighted by Crippen LogP contribution is 2.29. The molecule has 3 nitrogen and oxygen atoms in total. The molecule has 0 saturated heterocycles. The van der Waals surface area contributed by atoms with Crippen molar-refractivity contribution in [2.45, 2.75) is 19.8 Å². The Kier molecular flexibility index (Phi) is 2.69. The molecule has 0 spiro atoms. The van der Waals surface area contributed by atoms with Crippen molar-refractivity contribution in [2.75, 3.05) is 0 Å². The number of carboxylic acids is 1. The lowest BCUT2D eigenvalue weighted by atomic mass is 9.98. The van der Waals surface area contributed by atoms with Gasteiger partial charge in [-0.15, -0.1) is 0 Å². The van der Waals surface area contributed by atoms with E-state index in [0.29, 0.717) is 6.42 Å². The van der Waals surface area contributed by atoms with Crippen molar-refractivity contribution in [1.82, 2.24) is 4.57 Å². The summed E-state index contributed by atoms with van der Waals surface area (Å²) in [6, 6.07) is 1.98. The van der Waals surface area contributed by atoms with Crippen LogP contribution in [0.3, 0.4) is 0 Å². The zero-order chi connectivity index (χ0) is 11.0. The van der Waals surface area contributed by atoms with Gasteiger partial charge in [0, 0.05) is 28.5 Å². The second-order valence-corrected chi connectivity index (χ2v) is 4.60. The van der Waals surface area contributed by atoms with Gasteiger partial charge in [0.1, 0.15) is 0 Å². The van der Waals surface area contributed by atoms with Crippen LogP contribution in [0.4, 0.5) is 0 Å². The van der Waals surface area contributed by atoms with Crippen LogP contribution in [0.1, 0.15) is 19.0 Å². The van der Waals surface area contributed by atoms with Crippen LogP contribution in [0.15, 0.2) is 22.8 Å². The summed E-state index contributed by atoms with van der Waals surface area (Å²) in [6.07, 6.45) is 5.26. The summed E-state index contributed by atoms with van der Waals surface area (Å²) in [5, 5.41) is 9.02. The zero-order valence-corrected chi connectivity index (χ0v) is 9.99. The molecule has 4 heteroatoms. The first-order valence-electron chi connectivity index (χ1n) is 4.92. The molecule has 0 amide bonds. The molecule has 80 valence electrons. The van der Waals surface area contributed by atoms with Crippen molar-refractivity contribution in [1.29, 1.82) is 0 Å². The number of rotatable bonds is 2. The average molecular weight is 270 g/mol. The van der Waals surface area contributed by atoms with Gasteiger partial charge in [-0.25, -0.2) is 0 Å². The number of carboxylic acid groups (broad SMARTS) is 1. The summed E-state index contributed by atoms with van der Waals surface area (Å²) in [7, 11) is 0. The Morgan fingerprint density at radius 2 is 2.47 bits per heavy atom. The van der Waals surface area contributed by atoms with E-state index in [2.05, 4.69) is 20.5 Å². The number of hydrogen-bond acceptors (Lipinski definition) is 1. The fourth-order valence-electron chi connectivity index (χ4n) is 1.94. The third-order valence-corrected chi connectivity index (χ3v) is 3.11. The fraction of sp³-hybridized carbons (Fsp3) is 0.364. The van der Waals surface area contributed by atoms with E-state index < -0.39 is 5.97 Å². The first-order valence-corrected chi connectivity index (χ1v) is 5.71. The number of nitrogens with zero attached hydrogens (tertiary/aromatic N) is 1. The van der Waals surface area contributed by atoms with Gasteiger partial charge >= 0.3 is 5.97 Å². The summed E-state index contributed by atoms with van der Waals surface area (Å²) in [4.78, 5) is 11.0. The molecule has 1 aromatic heterocycles. The van der Waals surface area contributed by atoms with Crippen LogP contribution in [0.2, 0.25) is 0 Å². The smallest absolute Gasteiger partial charge is 0.310 e. The molecule has 1 aliphatic heterocycles. The minimum Gasteiger partial charge on any atom is -0.481 e. The number of aliphatic carboxylic acids is 1. The quantitative estimate of drug-likeness (QED) is 0.897. The Hall–Kier alpha value is -1.03. The topological polar surface area (TPSA) is 42.2 Å². The van der Waals surface area contributed by atoms with Gasteiger partial charge in [0.05, 0.1) is 5.92 Å². The molecule has 0 radical (unpaired) electrons. The molecule has 1 aromatic rings. The minimum atomic E-state index is -0.746. The molecular formula is C11H12BrNO2. The van der Waals surface area contributed by atoms with Gasteiger partial charge in [-0.1, -0.05) is 13.0 Å². The lowest BCUT2D eigenvalue weighted by Crippen LogP contribution is -2.21. The van der Waals surface area contributed by atoms with E-state index >= 15 is 0 Å². The summed E-state index contributed by atoms with van der Waals surface area (Å²) >= 11 is 3.41. The Morgan fingerprint density at radius 1 is 1.73 bits per heavy atom. The molecule has 1 aliphatic rings. The Labute approximate surface area is 96.5 Å². The van der Waals surface area contributed by atoms with Crippen LogP contribution >= 0.6 is 15.9 Å². The van der Waals surface area contributed by atoms with Crippen LogP contribution in [-0.4, -0.2) is 15.6 Å². The van der Waals surface area contributed by atoms with Crippen molar-refractivity contribution >= 4 is 27.6 Å². The molecule has 0 fully saturated rings. The predicted octanol–water partition coefficient (Wildman–Crippen LogP) is 2.76. The van der Waals surface area contributed by atoms with E-state index in [4.69, 9.17) is 5.11 Å². The Morgan fingerprint density at radius 3 is 3.07 bits per heavy atom. The van der Waals surface area contributed by atoms with Gasteiger partial charge in [-0.2, -0.15) is 0 Å². The lowest BCUT2D eigenvalue weighted by molar-refractivity contribution is -0.140. The number of allylic oxidation sites excluding steroid dienone is 1. The zero-order valence-electron chi connectivity index (χ0n) is 8.40. The van der Waals surface area contributed by atoms with Crippen LogP contribution in [-0.2, 0) is 11.2 Å². The number of carbonyl (C=O) groups is 1. The molecule has 1 N–H and O–H groups in total. The van der Waals surface area contributed by atoms with Crippen molar-refractivity contribution in [3.63, 3.8) is 0 Å². The van der Waals surface area contributed by atoms with Gasteiger partial charge in [-0.3, -0.25) is 4.79 Å². The highest BCUT2D eigenvalue weighted by Gasteiger charge is 2.23. The molecule has 1 atom stereocenters. The molecule has 0 bridgehead atoms. The molecule has 15 heavy (non-hydrogen) atoms. The Balaban J connectivity index is 2.44. The highest BCUT2D eigenvalue weighted by molar-refractivity contribution is 9.10. The number of halogens is 1. The van der Waals surface area contributed by atoms with E-state index in [1.165, 1.54) is 0 Å². The van der Waals surface area contributed by atoms with E-state index in [9.17, 15) is 4.79 Å². The maximum Gasteiger partial charge on any atom is 0.310 e. The summed E-state index contributed by atoms with van der Waals surface area (Å²) < 4.78 is 3.08. The van der Waals surface area contributed by atoms with Gasteiger partial charge in [0.15, 0.2) is 0 Å². The van der Waals surface area contributed by atoms with E-state index in [0.717, 1.165) is 22.3 Å². The van der Waals surface area contributed by atoms with Crippen LogP contribution in [0, 0.1) is 5.92 Å². The lowest BCUT2D eigenvalue weighted by Gasteiger charge is -2.20. The number of aromatic nitrogens is 1. The fourth-order valence-corrected chi connectivity index (χ4v) is 2.41. The van der Waals surface area contributed by atoms with Gasteiger partial charge < -0.3 is 9.67 Å². The van der Waals surface area contributed by atoms with Gasteiger partial charge in [0.25, 0.3) is 0 Å². The third-order valence-electron chi connectivity index (χ3n) is 2.68. The van der Waals surface area contributed by atoms with E-state index in [1.807, 2.05) is 25.3 Å². The summed E-state index contributed by atoms with van der Waals surface area (Å²) in [5.41, 5.74) is 2.13. The monoisotopic (exact) mass is 269 g/mol. The SMILES string of the molecule is CCC1=CC(C(=O)O)Cc2cc(Br)cn21. The predicted molar refractivity (Wildman–Crippen MR) is 61.5 cm³/mol. The molecule has 0 aliphatic carbocycles. The van der Waals surface area contributed by atoms with Crippen molar-refractivity contribution in [3.8, 4) is 0 Å². The van der Waals surface area contributed by atoms with Crippen LogP contribution < -0.4 is 0 Å². The Bertz CT molecular complexity index is 434. The largest absolute Gasteiger partial charge is 0.481 e. The second-order valence-electron chi connectivity index (χ2n) is 3.68. The van der Waals surface area contributed by atoms with Crippen molar-refractivity contribution in [3.05, 3.63) is 28.5 Å². The highest BCUT2D eigenvalue weighted by atomic mass is 79.9. The summed E-state index contributed by atoms with van der Waals surface area (Å²) in [5.74, 6) is -1.13. The van der Waals surface area contributed by atoms with Crippen LogP contribution in [0.25, 0.3) is 5.70 Å². The maximum atomic E-state index is 11.0. The summed E-state index contributed by atoms with van der Waals surface area (Å²) in [6.45, 7) is 2.04. The standard InChI is InChI=1S/C11H12BrNO2/c1-2-9-3-7(11(14)15)4-10-5-8(12)6-13(9)10/h3,5-7H,2,4H2,1H3,(H,14,15). The molecule has 0 aromatic carbocycles. The molecule has 2 rings (SSSR count). The van der Waals surface area contributed by atoms with E-state index in [1.54, 1.807) is 0 Å². The molecule has 2 heterocycles. The number of hydrogen-bond donors (Lipinski definition) is 1. The third kappa shape index (κ3) is 1.86. The molecule has 1 unspecified atom stereocenters. The van der Waals surface area contributed by atoms with Gasteiger partial charge in [0.2, 0.25) is 0 Å². The van der Waals surface area contributed by atoms with Gasteiger partial charge in [-0.05, 0) is 28.4 Å². The maximum absolute atomic E-state index is 11.0. The van der Waals surface area contributed by atoms with Crippen molar-refractivity contribution < 1.29 is 9.90 Å². The second kappa shape index (κ2) is 3.85. The molecular weight excluding hydrogens is 258 g/mol. The number of fused-ring (bicyclic) bond motifs is 1. The first-order chi connectivity index (χ1) is 7.11.